The SMILES string of the molecule is O=C(N[C@@H]1c2c(O)cccc2CCC1C(=O)O)OCc1ccccc1. The lowest BCUT2D eigenvalue weighted by Crippen LogP contribution is -2.40. The van der Waals surface area contributed by atoms with Crippen LogP contribution in [0.4, 0.5) is 4.79 Å². The molecule has 6 heteroatoms. The van der Waals surface area contributed by atoms with Gasteiger partial charge in [0.1, 0.15) is 12.4 Å². The van der Waals surface area contributed by atoms with Crippen molar-refractivity contribution in [2.45, 2.75) is 25.5 Å². The summed E-state index contributed by atoms with van der Waals surface area (Å²) >= 11 is 0. The van der Waals surface area contributed by atoms with Gasteiger partial charge in [-0.1, -0.05) is 42.5 Å². The number of benzene rings is 2. The molecule has 0 saturated heterocycles. The zero-order chi connectivity index (χ0) is 17.8. The predicted octanol–water partition coefficient (Wildman–Crippen LogP) is 3.01. The zero-order valence-electron chi connectivity index (χ0n) is 13.5. The summed E-state index contributed by atoms with van der Waals surface area (Å²) in [6.45, 7) is 0.0881. The average Bonchev–Trinajstić information content (AvgIpc) is 2.61. The maximum absolute atomic E-state index is 12.2. The van der Waals surface area contributed by atoms with E-state index in [2.05, 4.69) is 5.32 Å². The lowest BCUT2D eigenvalue weighted by Gasteiger charge is -2.31. The van der Waals surface area contributed by atoms with Gasteiger partial charge in [-0.2, -0.15) is 0 Å². The fourth-order valence-corrected chi connectivity index (χ4v) is 3.19. The number of ether oxygens (including phenoxy) is 1. The Kier molecular flexibility index (Phi) is 4.88. The van der Waals surface area contributed by atoms with Gasteiger partial charge in [0.05, 0.1) is 12.0 Å². The van der Waals surface area contributed by atoms with Crippen molar-refractivity contribution >= 4 is 12.1 Å². The summed E-state index contributed by atoms with van der Waals surface area (Å²) in [4.78, 5) is 23.7. The summed E-state index contributed by atoms with van der Waals surface area (Å²) < 4.78 is 5.19. The highest BCUT2D eigenvalue weighted by Gasteiger charge is 2.37. The first-order chi connectivity index (χ1) is 12.1. The minimum absolute atomic E-state index is 0.0168. The average molecular weight is 341 g/mol. The van der Waals surface area contributed by atoms with Crippen LogP contribution in [0.25, 0.3) is 0 Å². The molecule has 0 heterocycles. The number of amides is 1. The fraction of sp³-hybridized carbons (Fsp3) is 0.263. The topological polar surface area (TPSA) is 95.9 Å². The molecule has 1 aliphatic carbocycles. The van der Waals surface area contributed by atoms with Gasteiger partial charge in [0.15, 0.2) is 0 Å². The highest BCUT2D eigenvalue weighted by atomic mass is 16.5. The maximum atomic E-state index is 12.2. The molecule has 2 atom stereocenters. The molecule has 0 aromatic heterocycles. The van der Waals surface area contributed by atoms with Crippen LogP contribution >= 0.6 is 0 Å². The quantitative estimate of drug-likeness (QED) is 0.794. The van der Waals surface area contributed by atoms with Crippen LogP contribution in [-0.2, 0) is 22.6 Å². The van der Waals surface area contributed by atoms with E-state index in [1.807, 2.05) is 36.4 Å². The molecular formula is C19H19NO5. The summed E-state index contributed by atoms with van der Waals surface area (Å²) in [5, 5.41) is 22.2. The summed E-state index contributed by atoms with van der Waals surface area (Å²) in [5.41, 5.74) is 2.13. The highest BCUT2D eigenvalue weighted by molar-refractivity contribution is 5.75. The summed E-state index contributed by atoms with van der Waals surface area (Å²) in [7, 11) is 0. The lowest BCUT2D eigenvalue weighted by atomic mass is 9.79. The van der Waals surface area contributed by atoms with Crippen molar-refractivity contribution in [3.05, 3.63) is 65.2 Å². The number of hydrogen-bond acceptors (Lipinski definition) is 4. The van der Waals surface area contributed by atoms with Gasteiger partial charge in [-0.25, -0.2) is 4.79 Å². The van der Waals surface area contributed by atoms with Crippen molar-refractivity contribution in [1.29, 1.82) is 0 Å². The van der Waals surface area contributed by atoms with E-state index < -0.39 is 24.0 Å². The van der Waals surface area contributed by atoms with Crippen LogP contribution in [0, 0.1) is 5.92 Å². The van der Waals surface area contributed by atoms with Crippen LogP contribution in [-0.4, -0.2) is 22.3 Å². The number of carboxylic acid groups (broad SMARTS) is 1. The number of phenolic OH excluding ortho intramolecular Hbond substituents is 1. The number of aryl methyl sites for hydroxylation is 1. The number of carbonyl (C=O) groups excluding carboxylic acids is 1. The first kappa shape index (κ1) is 16.8. The van der Waals surface area contributed by atoms with Crippen molar-refractivity contribution in [3.63, 3.8) is 0 Å². The minimum Gasteiger partial charge on any atom is -0.508 e. The number of carbonyl (C=O) groups is 2. The van der Waals surface area contributed by atoms with E-state index in [0.29, 0.717) is 18.4 Å². The Bertz CT molecular complexity index is 775. The Labute approximate surface area is 145 Å². The van der Waals surface area contributed by atoms with E-state index in [4.69, 9.17) is 4.74 Å². The molecule has 0 radical (unpaired) electrons. The first-order valence-electron chi connectivity index (χ1n) is 8.07. The van der Waals surface area contributed by atoms with Gasteiger partial charge < -0.3 is 20.3 Å². The number of phenols is 1. The van der Waals surface area contributed by atoms with Crippen LogP contribution in [0.15, 0.2) is 48.5 Å². The van der Waals surface area contributed by atoms with Gasteiger partial charge >= 0.3 is 12.1 Å². The molecule has 130 valence electrons. The monoisotopic (exact) mass is 341 g/mol. The molecule has 0 saturated carbocycles. The molecule has 0 aliphatic heterocycles. The van der Waals surface area contributed by atoms with E-state index in [-0.39, 0.29) is 12.4 Å². The largest absolute Gasteiger partial charge is 0.508 e. The Hall–Kier alpha value is -3.02. The third-order valence-corrected chi connectivity index (χ3v) is 4.41. The smallest absolute Gasteiger partial charge is 0.407 e. The Morgan fingerprint density at radius 3 is 2.60 bits per heavy atom. The molecule has 0 bridgehead atoms. The third-order valence-electron chi connectivity index (χ3n) is 4.41. The van der Waals surface area contributed by atoms with Gasteiger partial charge in [0.2, 0.25) is 0 Å². The number of aromatic hydroxyl groups is 1. The van der Waals surface area contributed by atoms with E-state index >= 15 is 0 Å². The lowest BCUT2D eigenvalue weighted by molar-refractivity contribution is -0.143. The normalized spacial score (nSPS) is 18.9. The molecular weight excluding hydrogens is 322 g/mol. The number of fused-ring (bicyclic) bond motifs is 1. The second-order valence-electron chi connectivity index (χ2n) is 6.02. The maximum Gasteiger partial charge on any atom is 0.407 e. The van der Waals surface area contributed by atoms with Gasteiger partial charge in [0, 0.05) is 5.56 Å². The summed E-state index contributed by atoms with van der Waals surface area (Å²) in [6, 6.07) is 13.4. The summed E-state index contributed by atoms with van der Waals surface area (Å²) in [5.74, 6) is -1.84. The van der Waals surface area contributed by atoms with Crippen molar-refractivity contribution in [2.75, 3.05) is 0 Å². The molecule has 1 amide bonds. The molecule has 1 aliphatic rings. The minimum atomic E-state index is -1.01. The number of hydrogen-bond donors (Lipinski definition) is 3. The number of aliphatic carboxylic acids is 1. The van der Waals surface area contributed by atoms with Crippen LogP contribution in [0.3, 0.4) is 0 Å². The van der Waals surface area contributed by atoms with Crippen molar-refractivity contribution in [3.8, 4) is 5.75 Å². The fourth-order valence-electron chi connectivity index (χ4n) is 3.19. The second kappa shape index (κ2) is 7.25. The van der Waals surface area contributed by atoms with Crippen LogP contribution in [0.2, 0.25) is 0 Å². The van der Waals surface area contributed by atoms with Crippen LogP contribution in [0.5, 0.6) is 5.75 Å². The van der Waals surface area contributed by atoms with E-state index in [1.54, 1.807) is 6.07 Å². The molecule has 3 N–H and O–H groups in total. The van der Waals surface area contributed by atoms with Gasteiger partial charge in [0.25, 0.3) is 0 Å². The Morgan fingerprint density at radius 1 is 1.12 bits per heavy atom. The number of rotatable bonds is 4. The third kappa shape index (κ3) is 3.74. The number of alkyl carbamates (subject to hydrolysis) is 1. The standard InChI is InChI=1S/C19H19NO5/c21-15-8-4-7-13-9-10-14(18(22)23)17(16(13)15)20-19(24)25-11-12-5-2-1-3-6-12/h1-8,14,17,21H,9-11H2,(H,20,24)(H,22,23)/t14?,17-/m0/s1. The second-order valence-corrected chi connectivity index (χ2v) is 6.02. The van der Waals surface area contributed by atoms with Gasteiger partial charge in [-0.3, -0.25) is 4.79 Å². The predicted molar refractivity (Wildman–Crippen MR) is 90.1 cm³/mol. The van der Waals surface area contributed by atoms with E-state index in [1.165, 1.54) is 6.07 Å². The number of nitrogens with one attached hydrogen (secondary N) is 1. The van der Waals surface area contributed by atoms with E-state index in [0.717, 1.165) is 11.1 Å². The zero-order valence-corrected chi connectivity index (χ0v) is 13.5. The van der Waals surface area contributed by atoms with Crippen molar-refractivity contribution < 1.29 is 24.5 Å². The van der Waals surface area contributed by atoms with Gasteiger partial charge in [-0.05, 0) is 30.0 Å². The number of carboxylic acids is 1. The Morgan fingerprint density at radius 2 is 1.88 bits per heavy atom. The van der Waals surface area contributed by atoms with E-state index in [9.17, 15) is 19.8 Å². The highest BCUT2D eigenvalue weighted by Crippen LogP contribution is 2.39. The summed E-state index contributed by atoms with van der Waals surface area (Å²) in [6.07, 6.45) is 0.212. The molecule has 0 spiro atoms. The molecule has 1 unspecified atom stereocenters. The van der Waals surface area contributed by atoms with Crippen LogP contribution in [0.1, 0.15) is 29.2 Å². The van der Waals surface area contributed by atoms with Crippen LogP contribution < -0.4 is 5.32 Å². The molecule has 2 aromatic rings. The Balaban J connectivity index is 1.76. The van der Waals surface area contributed by atoms with Gasteiger partial charge in [-0.15, -0.1) is 0 Å². The molecule has 0 fully saturated rings. The van der Waals surface area contributed by atoms with Crippen molar-refractivity contribution in [2.24, 2.45) is 5.92 Å². The molecule has 25 heavy (non-hydrogen) atoms. The molecule has 6 nitrogen and oxygen atoms in total. The van der Waals surface area contributed by atoms with Crippen molar-refractivity contribution in [1.82, 2.24) is 5.32 Å². The first-order valence-corrected chi connectivity index (χ1v) is 8.07. The molecule has 3 rings (SSSR count). The molecule has 2 aromatic carbocycles.